The van der Waals surface area contributed by atoms with Crippen molar-refractivity contribution in [3.8, 4) is 0 Å². The molecule has 0 aromatic heterocycles. The largest absolute Gasteiger partial charge is 0.480 e. The van der Waals surface area contributed by atoms with Crippen LogP contribution < -0.4 is 0 Å². The van der Waals surface area contributed by atoms with Crippen LogP contribution in [-0.2, 0) is 9.53 Å². The van der Waals surface area contributed by atoms with Gasteiger partial charge in [-0.15, -0.1) is 0 Å². The number of carbonyl (C=O) groups is 2. The second kappa shape index (κ2) is 6.92. The van der Waals surface area contributed by atoms with Gasteiger partial charge in [-0.2, -0.15) is 0 Å². The van der Waals surface area contributed by atoms with Gasteiger partial charge in [-0.25, -0.2) is 9.59 Å². The van der Waals surface area contributed by atoms with E-state index in [1.807, 2.05) is 27.7 Å². The molecule has 0 radical (unpaired) electrons. The van der Waals surface area contributed by atoms with Crippen molar-refractivity contribution >= 4 is 12.0 Å². The zero-order valence-corrected chi connectivity index (χ0v) is 13.0. The molecule has 0 bridgehead atoms. The smallest absolute Gasteiger partial charge is 0.326 e. The fraction of sp³-hybridized carbons (Fsp3) is 0.857. The van der Waals surface area contributed by atoms with Gasteiger partial charge in [0.1, 0.15) is 6.04 Å². The van der Waals surface area contributed by atoms with Crippen LogP contribution in [0, 0.1) is 5.92 Å². The molecule has 1 heterocycles. The average molecular weight is 286 g/mol. The number of urea groups is 1. The zero-order valence-electron chi connectivity index (χ0n) is 13.0. The van der Waals surface area contributed by atoms with Crippen LogP contribution >= 0.6 is 0 Å². The molecule has 0 aromatic rings. The molecule has 0 aliphatic carbocycles. The Labute approximate surface area is 120 Å². The van der Waals surface area contributed by atoms with Crippen LogP contribution in [0.25, 0.3) is 0 Å². The van der Waals surface area contributed by atoms with E-state index >= 15 is 0 Å². The lowest BCUT2D eigenvalue weighted by atomic mass is 10.2. The number of aliphatic carboxylic acids is 1. The molecular weight excluding hydrogens is 260 g/mol. The van der Waals surface area contributed by atoms with E-state index in [0.29, 0.717) is 25.4 Å². The van der Waals surface area contributed by atoms with E-state index in [9.17, 15) is 14.7 Å². The van der Waals surface area contributed by atoms with Crippen LogP contribution in [0.4, 0.5) is 4.79 Å². The number of nitrogens with zero attached hydrogens (tertiary/aromatic N) is 2. The van der Waals surface area contributed by atoms with Gasteiger partial charge in [0.25, 0.3) is 0 Å². The molecule has 1 aliphatic heterocycles. The molecule has 1 aliphatic rings. The third-order valence-electron chi connectivity index (χ3n) is 3.56. The minimum atomic E-state index is -0.967. The summed E-state index contributed by atoms with van der Waals surface area (Å²) in [6.45, 7) is 8.93. The van der Waals surface area contributed by atoms with Crippen LogP contribution in [0.3, 0.4) is 0 Å². The normalized spacial score (nSPS) is 22.6. The molecule has 1 saturated heterocycles. The highest BCUT2D eigenvalue weighted by atomic mass is 16.5. The number of likely N-dealkylation sites (tertiary alicyclic amines) is 1. The summed E-state index contributed by atoms with van der Waals surface area (Å²) in [5.41, 5.74) is 0. The van der Waals surface area contributed by atoms with Crippen LogP contribution in [0.2, 0.25) is 0 Å². The number of hydrogen-bond acceptors (Lipinski definition) is 3. The Bertz CT molecular complexity index is 357. The van der Waals surface area contributed by atoms with Crippen molar-refractivity contribution in [3.05, 3.63) is 0 Å². The quantitative estimate of drug-likeness (QED) is 0.834. The highest BCUT2D eigenvalue weighted by Gasteiger charge is 2.41. The number of carboxylic acids is 1. The summed E-state index contributed by atoms with van der Waals surface area (Å²) in [5, 5.41) is 9.28. The lowest BCUT2D eigenvalue weighted by molar-refractivity contribution is -0.141. The summed E-state index contributed by atoms with van der Waals surface area (Å²) in [6, 6.07) is -0.956. The maximum absolute atomic E-state index is 12.6. The number of amides is 2. The molecule has 0 saturated carbocycles. The Morgan fingerprint density at radius 1 is 1.35 bits per heavy atom. The first kappa shape index (κ1) is 16.8. The number of carboxylic acid groups (broad SMARTS) is 1. The minimum Gasteiger partial charge on any atom is -0.480 e. The third-order valence-corrected chi connectivity index (χ3v) is 3.56. The van der Waals surface area contributed by atoms with Gasteiger partial charge in [0.2, 0.25) is 0 Å². The Kier molecular flexibility index (Phi) is 5.80. The fourth-order valence-electron chi connectivity index (χ4n) is 2.48. The molecule has 20 heavy (non-hydrogen) atoms. The molecule has 0 aromatic carbocycles. The maximum atomic E-state index is 12.6. The van der Waals surface area contributed by atoms with E-state index < -0.39 is 12.0 Å². The van der Waals surface area contributed by atoms with Crippen molar-refractivity contribution in [2.75, 3.05) is 20.2 Å². The zero-order chi connectivity index (χ0) is 15.4. The molecule has 2 amide bonds. The SMILES string of the molecule is COC1CC(C(=O)O)N(C(=O)N(CC(C)C)C(C)C)C1. The topological polar surface area (TPSA) is 70.1 Å². The second-order valence-electron chi connectivity index (χ2n) is 6.02. The molecule has 6 heteroatoms. The highest BCUT2D eigenvalue weighted by molar-refractivity contribution is 5.83. The molecular formula is C14H26N2O4. The first-order chi connectivity index (χ1) is 9.27. The summed E-state index contributed by atoms with van der Waals surface area (Å²) in [5.74, 6) is -0.628. The van der Waals surface area contributed by atoms with Gasteiger partial charge in [0.15, 0.2) is 0 Å². The summed E-state index contributed by atoms with van der Waals surface area (Å²) in [7, 11) is 1.55. The summed E-state index contributed by atoms with van der Waals surface area (Å²) in [6.07, 6.45) is 0.152. The summed E-state index contributed by atoms with van der Waals surface area (Å²) >= 11 is 0. The van der Waals surface area contributed by atoms with Crippen LogP contribution in [0.1, 0.15) is 34.1 Å². The number of hydrogen-bond donors (Lipinski definition) is 1. The number of rotatable bonds is 5. The lowest BCUT2D eigenvalue weighted by Crippen LogP contribution is -2.51. The first-order valence-electron chi connectivity index (χ1n) is 7.10. The minimum absolute atomic E-state index is 0.0425. The molecule has 1 fully saturated rings. The van der Waals surface area contributed by atoms with Crippen molar-refractivity contribution in [1.29, 1.82) is 0 Å². The number of carbonyl (C=O) groups excluding carboxylic acids is 1. The molecule has 2 atom stereocenters. The molecule has 116 valence electrons. The van der Waals surface area contributed by atoms with E-state index in [1.54, 1.807) is 12.0 Å². The van der Waals surface area contributed by atoms with Gasteiger partial charge in [0.05, 0.1) is 6.10 Å². The third kappa shape index (κ3) is 3.85. The van der Waals surface area contributed by atoms with Crippen LogP contribution in [-0.4, -0.2) is 65.3 Å². The van der Waals surface area contributed by atoms with E-state index in [1.165, 1.54) is 4.90 Å². The number of ether oxygens (including phenoxy) is 1. The Hall–Kier alpha value is -1.30. The standard InChI is InChI=1S/C14H26N2O4/c1-9(2)7-15(10(3)4)14(19)16-8-11(20-5)6-12(16)13(17)18/h9-12H,6-8H2,1-5H3,(H,17,18). The van der Waals surface area contributed by atoms with E-state index in [-0.39, 0.29) is 18.2 Å². The van der Waals surface area contributed by atoms with Gasteiger partial charge in [-0.3, -0.25) is 0 Å². The lowest BCUT2D eigenvalue weighted by Gasteiger charge is -2.34. The van der Waals surface area contributed by atoms with E-state index in [0.717, 1.165) is 0 Å². The van der Waals surface area contributed by atoms with Crippen LogP contribution in [0.15, 0.2) is 0 Å². The molecule has 6 nitrogen and oxygen atoms in total. The van der Waals surface area contributed by atoms with Crippen LogP contribution in [0.5, 0.6) is 0 Å². The van der Waals surface area contributed by atoms with Gasteiger partial charge in [0, 0.05) is 32.7 Å². The van der Waals surface area contributed by atoms with E-state index in [2.05, 4.69) is 0 Å². The van der Waals surface area contributed by atoms with Gasteiger partial charge in [-0.05, 0) is 19.8 Å². The van der Waals surface area contributed by atoms with Gasteiger partial charge in [-0.1, -0.05) is 13.8 Å². The van der Waals surface area contributed by atoms with Crippen molar-refractivity contribution in [2.45, 2.75) is 52.3 Å². The number of methoxy groups -OCH3 is 1. The van der Waals surface area contributed by atoms with Gasteiger partial charge < -0.3 is 19.6 Å². The maximum Gasteiger partial charge on any atom is 0.326 e. The summed E-state index contributed by atoms with van der Waals surface area (Å²) < 4.78 is 5.22. The Balaban J connectivity index is 2.88. The van der Waals surface area contributed by atoms with Crippen molar-refractivity contribution < 1.29 is 19.4 Å². The predicted molar refractivity (Wildman–Crippen MR) is 75.6 cm³/mol. The van der Waals surface area contributed by atoms with Crippen molar-refractivity contribution in [1.82, 2.24) is 9.80 Å². The molecule has 1 N–H and O–H groups in total. The van der Waals surface area contributed by atoms with Crippen molar-refractivity contribution in [3.63, 3.8) is 0 Å². The average Bonchev–Trinajstić information content (AvgIpc) is 2.78. The first-order valence-corrected chi connectivity index (χ1v) is 7.10. The molecule has 1 rings (SSSR count). The molecule has 0 spiro atoms. The fourth-order valence-corrected chi connectivity index (χ4v) is 2.48. The van der Waals surface area contributed by atoms with E-state index in [4.69, 9.17) is 4.74 Å². The summed E-state index contributed by atoms with van der Waals surface area (Å²) in [4.78, 5) is 27.1. The van der Waals surface area contributed by atoms with Crippen molar-refractivity contribution in [2.24, 2.45) is 5.92 Å². The second-order valence-corrected chi connectivity index (χ2v) is 6.02. The Morgan fingerprint density at radius 2 is 1.95 bits per heavy atom. The monoisotopic (exact) mass is 286 g/mol. The highest BCUT2D eigenvalue weighted by Crippen LogP contribution is 2.23. The molecule has 2 unspecified atom stereocenters. The predicted octanol–water partition coefficient (Wildman–Crippen LogP) is 1.65. The van der Waals surface area contributed by atoms with Gasteiger partial charge >= 0.3 is 12.0 Å². The Morgan fingerprint density at radius 3 is 2.35 bits per heavy atom.